The van der Waals surface area contributed by atoms with Crippen LogP contribution in [0.15, 0.2) is 24.3 Å². The summed E-state index contributed by atoms with van der Waals surface area (Å²) >= 11 is 0. The van der Waals surface area contributed by atoms with E-state index in [1.807, 2.05) is 0 Å². The monoisotopic (exact) mass is 381 g/mol. The molecule has 0 bridgehead atoms. The minimum atomic E-state index is 0.0528. The maximum Gasteiger partial charge on any atom is 0.0715 e. The number of hydrogen-bond donors (Lipinski definition) is 0. The van der Waals surface area contributed by atoms with Gasteiger partial charge in [-0.25, -0.2) is 0 Å². The Bertz CT molecular complexity index is 559. The standard InChI is InChI=1S/C27H43N/c1-4-6-7-8-9-10-11-23-12-14-24(15-13-23)25-16-18-26(19-17-25)27(21-28)20-22(3)5-2/h16-19,22-24,27H,4-15,20H2,1-3H3. The second kappa shape index (κ2) is 13.0. The Hall–Kier alpha value is -1.29. The predicted molar refractivity (Wildman–Crippen MR) is 122 cm³/mol. The van der Waals surface area contributed by atoms with Crippen molar-refractivity contribution in [2.24, 2.45) is 11.8 Å². The van der Waals surface area contributed by atoms with Crippen molar-refractivity contribution in [3.8, 4) is 6.07 Å². The van der Waals surface area contributed by atoms with Crippen molar-refractivity contribution in [2.45, 2.75) is 116 Å². The Morgan fingerprint density at radius 3 is 2.18 bits per heavy atom. The maximum absolute atomic E-state index is 9.55. The molecule has 0 radical (unpaired) electrons. The fourth-order valence-corrected chi connectivity index (χ4v) is 4.83. The van der Waals surface area contributed by atoms with Gasteiger partial charge in [-0.15, -0.1) is 0 Å². The molecule has 28 heavy (non-hydrogen) atoms. The fraction of sp³-hybridized carbons (Fsp3) is 0.741. The molecule has 1 saturated carbocycles. The minimum absolute atomic E-state index is 0.0528. The Kier molecular flexibility index (Phi) is 10.7. The summed E-state index contributed by atoms with van der Waals surface area (Å²) in [6.45, 7) is 6.76. The molecule has 1 aliphatic carbocycles. The molecule has 1 heteroatoms. The summed E-state index contributed by atoms with van der Waals surface area (Å²) in [5.41, 5.74) is 2.71. The lowest BCUT2D eigenvalue weighted by Gasteiger charge is -2.29. The fourth-order valence-electron chi connectivity index (χ4n) is 4.83. The SMILES string of the molecule is CCCCCCCCC1CCC(c2ccc(C(C#N)CC(C)CC)cc2)CC1. The predicted octanol–water partition coefficient (Wildman–Crippen LogP) is 8.75. The molecule has 0 amide bonds. The third kappa shape index (κ3) is 7.62. The number of benzene rings is 1. The van der Waals surface area contributed by atoms with Crippen LogP contribution in [0, 0.1) is 23.2 Å². The van der Waals surface area contributed by atoms with Gasteiger partial charge in [0.05, 0.1) is 12.0 Å². The van der Waals surface area contributed by atoms with Gasteiger partial charge in [0.25, 0.3) is 0 Å². The molecular formula is C27H43N. The number of nitriles is 1. The number of unbranched alkanes of at least 4 members (excludes halogenated alkanes) is 5. The van der Waals surface area contributed by atoms with Gasteiger partial charge in [0.2, 0.25) is 0 Å². The van der Waals surface area contributed by atoms with Gasteiger partial charge in [-0.1, -0.05) is 96.4 Å². The van der Waals surface area contributed by atoms with Crippen molar-refractivity contribution in [3.63, 3.8) is 0 Å². The highest BCUT2D eigenvalue weighted by Gasteiger charge is 2.22. The van der Waals surface area contributed by atoms with Crippen LogP contribution in [0.25, 0.3) is 0 Å². The summed E-state index contributed by atoms with van der Waals surface area (Å²) in [7, 11) is 0. The molecule has 0 N–H and O–H groups in total. The van der Waals surface area contributed by atoms with Gasteiger partial charge in [0.15, 0.2) is 0 Å². The summed E-state index contributed by atoms with van der Waals surface area (Å²) in [5, 5.41) is 9.55. The van der Waals surface area contributed by atoms with E-state index < -0.39 is 0 Å². The molecule has 1 nitrogen and oxygen atoms in total. The zero-order valence-electron chi connectivity index (χ0n) is 18.8. The summed E-state index contributed by atoms with van der Waals surface area (Å²) < 4.78 is 0. The largest absolute Gasteiger partial charge is 0.198 e. The van der Waals surface area contributed by atoms with E-state index in [-0.39, 0.29) is 5.92 Å². The Morgan fingerprint density at radius 2 is 1.57 bits per heavy atom. The summed E-state index contributed by atoms with van der Waals surface area (Å²) in [4.78, 5) is 0. The maximum atomic E-state index is 9.55. The van der Waals surface area contributed by atoms with Gasteiger partial charge < -0.3 is 0 Å². The molecule has 1 aliphatic rings. The molecule has 2 atom stereocenters. The van der Waals surface area contributed by atoms with Crippen molar-refractivity contribution in [1.29, 1.82) is 5.26 Å². The van der Waals surface area contributed by atoms with Gasteiger partial charge in [-0.05, 0) is 61.0 Å². The van der Waals surface area contributed by atoms with E-state index in [9.17, 15) is 5.26 Å². The van der Waals surface area contributed by atoms with E-state index in [4.69, 9.17) is 0 Å². The van der Waals surface area contributed by atoms with E-state index in [2.05, 4.69) is 51.1 Å². The smallest absolute Gasteiger partial charge is 0.0715 e. The Labute approximate surface area is 174 Å². The molecule has 0 aromatic heterocycles. The quantitative estimate of drug-likeness (QED) is 0.332. The molecule has 0 spiro atoms. The first-order chi connectivity index (χ1) is 13.7. The molecule has 1 aromatic carbocycles. The van der Waals surface area contributed by atoms with Gasteiger partial charge in [0, 0.05) is 0 Å². The van der Waals surface area contributed by atoms with Crippen LogP contribution < -0.4 is 0 Å². The van der Waals surface area contributed by atoms with Crippen LogP contribution in [0.2, 0.25) is 0 Å². The first-order valence-electron chi connectivity index (χ1n) is 12.2. The lowest BCUT2D eigenvalue weighted by Crippen LogP contribution is -2.13. The van der Waals surface area contributed by atoms with Crippen LogP contribution in [0.1, 0.15) is 127 Å². The van der Waals surface area contributed by atoms with Crippen molar-refractivity contribution in [2.75, 3.05) is 0 Å². The Balaban J connectivity index is 1.74. The lowest BCUT2D eigenvalue weighted by atomic mass is 9.76. The van der Waals surface area contributed by atoms with Crippen molar-refractivity contribution >= 4 is 0 Å². The molecule has 0 heterocycles. The summed E-state index contributed by atoms with van der Waals surface area (Å²) in [6, 6.07) is 11.6. The van der Waals surface area contributed by atoms with Gasteiger partial charge in [0.1, 0.15) is 0 Å². The summed E-state index contributed by atoms with van der Waals surface area (Å²) in [5.74, 6) is 2.38. The molecule has 2 rings (SSSR count). The third-order valence-electron chi connectivity index (χ3n) is 7.11. The molecule has 1 fully saturated rings. The molecule has 156 valence electrons. The van der Waals surface area contributed by atoms with Crippen molar-refractivity contribution in [3.05, 3.63) is 35.4 Å². The molecule has 2 unspecified atom stereocenters. The number of nitrogens with zero attached hydrogens (tertiary/aromatic N) is 1. The molecule has 1 aromatic rings. The molecule has 0 saturated heterocycles. The topological polar surface area (TPSA) is 23.8 Å². The Morgan fingerprint density at radius 1 is 0.929 bits per heavy atom. The van der Waals surface area contributed by atoms with Crippen LogP contribution in [0.3, 0.4) is 0 Å². The minimum Gasteiger partial charge on any atom is -0.198 e. The van der Waals surface area contributed by atoms with E-state index in [0.717, 1.165) is 24.7 Å². The highest BCUT2D eigenvalue weighted by molar-refractivity contribution is 5.30. The molecular weight excluding hydrogens is 338 g/mol. The normalized spacial score (nSPS) is 21.8. The van der Waals surface area contributed by atoms with E-state index in [1.54, 1.807) is 0 Å². The summed E-state index contributed by atoms with van der Waals surface area (Å²) in [6.07, 6.45) is 17.6. The zero-order chi connectivity index (χ0) is 20.2. The third-order valence-corrected chi connectivity index (χ3v) is 7.11. The first kappa shape index (κ1) is 23.0. The van der Waals surface area contributed by atoms with Crippen LogP contribution in [-0.4, -0.2) is 0 Å². The van der Waals surface area contributed by atoms with E-state index in [1.165, 1.54) is 81.8 Å². The van der Waals surface area contributed by atoms with Gasteiger partial charge in [-0.2, -0.15) is 5.26 Å². The van der Waals surface area contributed by atoms with Crippen molar-refractivity contribution in [1.82, 2.24) is 0 Å². The van der Waals surface area contributed by atoms with Crippen LogP contribution in [-0.2, 0) is 0 Å². The van der Waals surface area contributed by atoms with Crippen molar-refractivity contribution < 1.29 is 0 Å². The zero-order valence-corrected chi connectivity index (χ0v) is 18.8. The highest BCUT2D eigenvalue weighted by atomic mass is 14.3. The van der Waals surface area contributed by atoms with Gasteiger partial charge in [-0.3, -0.25) is 0 Å². The van der Waals surface area contributed by atoms with Crippen LogP contribution >= 0.6 is 0 Å². The number of hydrogen-bond acceptors (Lipinski definition) is 1. The van der Waals surface area contributed by atoms with E-state index in [0.29, 0.717) is 5.92 Å². The van der Waals surface area contributed by atoms with Gasteiger partial charge >= 0.3 is 0 Å². The molecule has 0 aliphatic heterocycles. The average Bonchev–Trinajstić information content (AvgIpc) is 2.75. The number of rotatable bonds is 12. The lowest BCUT2D eigenvalue weighted by molar-refractivity contribution is 0.302. The van der Waals surface area contributed by atoms with E-state index >= 15 is 0 Å². The second-order valence-corrected chi connectivity index (χ2v) is 9.37. The highest BCUT2D eigenvalue weighted by Crippen LogP contribution is 2.38. The average molecular weight is 382 g/mol. The second-order valence-electron chi connectivity index (χ2n) is 9.37. The van der Waals surface area contributed by atoms with Crippen LogP contribution in [0.4, 0.5) is 0 Å². The first-order valence-corrected chi connectivity index (χ1v) is 12.2. The van der Waals surface area contributed by atoms with Crippen LogP contribution in [0.5, 0.6) is 0 Å².